The molecule has 0 saturated carbocycles. The number of esters is 1. The molecule has 2 N–H and O–H groups in total. The van der Waals surface area contributed by atoms with E-state index in [0.29, 0.717) is 6.42 Å². The van der Waals surface area contributed by atoms with Crippen molar-refractivity contribution in [3.63, 3.8) is 0 Å². The monoisotopic (exact) mass is 385 g/mol. The van der Waals surface area contributed by atoms with Gasteiger partial charge in [0, 0.05) is 12.8 Å². The zero-order valence-electron chi connectivity index (χ0n) is 15.6. The van der Waals surface area contributed by atoms with Gasteiger partial charge in [-0.3, -0.25) is 4.79 Å². The minimum absolute atomic E-state index is 0.0634. The van der Waals surface area contributed by atoms with Crippen LogP contribution in [0.3, 0.4) is 0 Å². The van der Waals surface area contributed by atoms with Crippen LogP contribution in [-0.4, -0.2) is 36.3 Å². The average molecular weight is 385 g/mol. The Bertz CT molecular complexity index is 788. The lowest BCUT2D eigenvalue weighted by atomic mass is 10.0. The second-order valence-electron chi connectivity index (χ2n) is 6.19. The minimum atomic E-state index is -1.15. The first-order chi connectivity index (χ1) is 13.5. The number of hydrogen-bond acceptors (Lipinski definition) is 5. The number of aryl methyl sites for hydroxylation is 1. The van der Waals surface area contributed by atoms with Crippen LogP contribution in [-0.2, 0) is 38.5 Å². The summed E-state index contributed by atoms with van der Waals surface area (Å²) in [5, 5.41) is 11.7. The Balaban J connectivity index is 1.87. The average Bonchev–Trinajstić information content (AvgIpc) is 2.71. The third-order valence-corrected chi connectivity index (χ3v) is 4.11. The topological polar surface area (TPSA) is 102 Å². The van der Waals surface area contributed by atoms with E-state index in [1.54, 1.807) is 12.1 Å². The normalized spacial score (nSPS) is 11.3. The van der Waals surface area contributed by atoms with Crippen LogP contribution < -0.4 is 5.32 Å². The molecule has 28 heavy (non-hydrogen) atoms. The SMILES string of the molecule is COC(=O)CCc1ccc(C[C@H](NC(=O)OCc2ccccc2)C(=O)O)cc1. The molecule has 0 aliphatic heterocycles. The largest absolute Gasteiger partial charge is 0.480 e. The molecule has 0 unspecified atom stereocenters. The standard InChI is InChI=1S/C21H23NO6/c1-27-19(23)12-11-15-7-9-16(10-8-15)13-18(20(24)25)22-21(26)28-14-17-5-3-2-4-6-17/h2-10,18H,11-14H2,1H3,(H,22,26)(H,24,25)/t18-/m0/s1. The highest BCUT2D eigenvalue weighted by molar-refractivity contribution is 5.80. The van der Waals surface area contributed by atoms with Crippen molar-refractivity contribution in [2.75, 3.05) is 7.11 Å². The number of methoxy groups -OCH3 is 1. The molecule has 0 heterocycles. The molecule has 2 aromatic rings. The summed E-state index contributed by atoms with van der Waals surface area (Å²) in [4.78, 5) is 34.6. The van der Waals surface area contributed by atoms with Crippen LogP contribution in [0.5, 0.6) is 0 Å². The quantitative estimate of drug-likeness (QED) is 0.644. The summed E-state index contributed by atoms with van der Waals surface area (Å²) in [5.74, 6) is -1.43. The lowest BCUT2D eigenvalue weighted by Gasteiger charge is -2.15. The predicted molar refractivity (Wildman–Crippen MR) is 102 cm³/mol. The lowest BCUT2D eigenvalue weighted by Crippen LogP contribution is -2.42. The van der Waals surface area contributed by atoms with E-state index in [-0.39, 0.29) is 25.4 Å². The van der Waals surface area contributed by atoms with Gasteiger partial charge in [0.25, 0.3) is 0 Å². The van der Waals surface area contributed by atoms with Gasteiger partial charge >= 0.3 is 18.0 Å². The smallest absolute Gasteiger partial charge is 0.408 e. The van der Waals surface area contributed by atoms with Gasteiger partial charge in [0.15, 0.2) is 0 Å². The molecule has 2 aromatic carbocycles. The van der Waals surface area contributed by atoms with Crippen LogP contribution in [0.25, 0.3) is 0 Å². The number of amides is 1. The molecule has 148 valence electrons. The van der Waals surface area contributed by atoms with Crippen LogP contribution in [0, 0.1) is 0 Å². The highest BCUT2D eigenvalue weighted by atomic mass is 16.5. The third kappa shape index (κ3) is 7.11. The number of carbonyl (C=O) groups excluding carboxylic acids is 2. The molecule has 0 aromatic heterocycles. The van der Waals surface area contributed by atoms with Crippen molar-refractivity contribution in [2.24, 2.45) is 0 Å². The molecule has 0 bridgehead atoms. The Hall–Kier alpha value is -3.35. The maximum absolute atomic E-state index is 11.9. The molecule has 1 amide bonds. The van der Waals surface area contributed by atoms with Crippen LogP contribution in [0.15, 0.2) is 54.6 Å². The van der Waals surface area contributed by atoms with Crippen molar-refractivity contribution in [3.05, 3.63) is 71.3 Å². The molecule has 0 radical (unpaired) electrons. The molecular weight excluding hydrogens is 362 g/mol. The number of nitrogens with one attached hydrogen (secondary N) is 1. The van der Waals surface area contributed by atoms with Gasteiger partial charge in [0.1, 0.15) is 12.6 Å². The first-order valence-corrected chi connectivity index (χ1v) is 8.82. The molecule has 2 rings (SSSR count). The second-order valence-corrected chi connectivity index (χ2v) is 6.19. The van der Waals surface area contributed by atoms with Gasteiger partial charge in [-0.1, -0.05) is 54.6 Å². The van der Waals surface area contributed by atoms with E-state index >= 15 is 0 Å². The van der Waals surface area contributed by atoms with Gasteiger partial charge in [-0.15, -0.1) is 0 Å². The van der Waals surface area contributed by atoms with Crippen molar-refractivity contribution >= 4 is 18.0 Å². The maximum Gasteiger partial charge on any atom is 0.408 e. The van der Waals surface area contributed by atoms with Crippen LogP contribution in [0.2, 0.25) is 0 Å². The maximum atomic E-state index is 11.9. The molecule has 0 spiro atoms. The van der Waals surface area contributed by atoms with E-state index in [1.165, 1.54) is 7.11 Å². The summed E-state index contributed by atoms with van der Waals surface area (Å²) in [7, 11) is 1.34. The number of carbonyl (C=O) groups is 3. The summed E-state index contributed by atoms with van der Waals surface area (Å²) in [6, 6.07) is 15.2. The second kappa shape index (κ2) is 10.7. The summed E-state index contributed by atoms with van der Waals surface area (Å²) in [5.41, 5.74) is 2.50. The number of rotatable bonds is 9. The zero-order chi connectivity index (χ0) is 20.4. The number of aliphatic carboxylic acids is 1. The number of alkyl carbamates (subject to hydrolysis) is 1. The van der Waals surface area contributed by atoms with E-state index < -0.39 is 18.1 Å². The summed E-state index contributed by atoms with van der Waals surface area (Å²) < 4.78 is 9.68. The summed E-state index contributed by atoms with van der Waals surface area (Å²) >= 11 is 0. The van der Waals surface area contributed by atoms with E-state index in [2.05, 4.69) is 10.1 Å². The van der Waals surface area contributed by atoms with E-state index in [1.807, 2.05) is 42.5 Å². The molecule has 0 aliphatic rings. The molecule has 1 atom stereocenters. The molecule has 0 saturated heterocycles. The molecule has 7 heteroatoms. The van der Waals surface area contributed by atoms with Crippen LogP contribution >= 0.6 is 0 Å². The lowest BCUT2D eigenvalue weighted by molar-refractivity contribution is -0.141. The molecule has 0 fully saturated rings. The van der Waals surface area contributed by atoms with Gasteiger partial charge in [-0.25, -0.2) is 9.59 Å². The zero-order valence-corrected chi connectivity index (χ0v) is 15.6. The van der Waals surface area contributed by atoms with Gasteiger partial charge in [0.2, 0.25) is 0 Å². The van der Waals surface area contributed by atoms with Gasteiger partial charge in [0.05, 0.1) is 7.11 Å². The van der Waals surface area contributed by atoms with E-state index in [0.717, 1.165) is 16.7 Å². The fraction of sp³-hybridized carbons (Fsp3) is 0.286. The van der Waals surface area contributed by atoms with Gasteiger partial charge in [-0.2, -0.15) is 0 Å². The highest BCUT2D eigenvalue weighted by Crippen LogP contribution is 2.10. The Morgan fingerprint density at radius 3 is 2.21 bits per heavy atom. The van der Waals surface area contributed by atoms with Crippen molar-refractivity contribution in [2.45, 2.75) is 31.9 Å². The number of carboxylic acids is 1. The summed E-state index contributed by atoms with van der Waals surface area (Å²) in [6.07, 6.45) is 0.153. The van der Waals surface area contributed by atoms with Crippen molar-refractivity contribution in [1.29, 1.82) is 0 Å². The predicted octanol–water partition coefficient (Wildman–Crippen LogP) is 2.71. The summed E-state index contributed by atoms with van der Waals surface area (Å²) in [6.45, 7) is 0.0634. The van der Waals surface area contributed by atoms with Gasteiger partial charge in [-0.05, 0) is 23.1 Å². The fourth-order valence-corrected chi connectivity index (χ4v) is 2.53. The molecule has 7 nitrogen and oxygen atoms in total. The first-order valence-electron chi connectivity index (χ1n) is 8.82. The minimum Gasteiger partial charge on any atom is -0.480 e. The van der Waals surface area contributed by atoms with Crippen molar-refractivity contribution in [1.82, 2.24) is 5.32 Å². The van der Waals surface area contributed by atoms with Gasteiger partial charge < -0.3 is 19.9 Å². The highest BCUT2D eigenvalue weighted by Gasteiger charge is 2.21. The number of benzene rings is 2. The van der Waals surface area contributed by atoms with Crippen molar-refractivity contribution < 1.29 is 29.0 Å². The Kier molecular flexibility index (Phi) is 8.02. The first kappa shape index (κ1) is 21.0. The van der Waals surface area contributed by atoms with E-state index in [4.69, 9.17) is 4.74 Å². The molecule has 0 aliphatic carbocycles. The Morgan fingerprint density at radius 1 is 0.964 bits per heavy atom. The number of ether oxygens (including phenoxy) is 2. The number of carboxylic acid groups (broad SMARTS) is 1. The fourth-order valence-electron chi connectivity index (χ4n) is 2.53. The Labute approximate surface area is 163 Å². The third-order valence-electron chi connectivity index (χ3n) is 4.11. The van der Waals surface area contributed by atoms with Crippen LogP contribution in [0.4, 0.5) is 4.79 Å². The Morgan fingerprint density at radius 2 is 1.61 bits per heavy atom. The van der Waals surface area contributed by atoms with Crippen LogP contribution in [0.1, 0.15) is 23.1 Å². The van der Waals surface area contributed by atoms with Crippen molar-refractivity contribution in [3.8, 4) is 0 Å². The molecular formula is C21H23NO6. The van der Waals surface area contributed by atoms with E-state index in [9.17, 15) is 19.5 Å². The number of hydrogen-bond donors (Lipinski definition) is 2.